The second-order valence-corrected chi connectivity index (χ2v) is 3.84. The van der Waals surface area contributed by atoms with E-state index in [4.69, 9.17) is 10.5 Å². The Morgan fingerprint density at radius 3 is 2.83 bits per heavy atom. The van der Waals surface area contributed by atoms with Crippen LogP contribution in [0.2, 0.25) is 0 Å². The lowest BCUT2D eigenvalue weighted by atomic mass is 10.1. The first kappa shape index (κ1) is 14.2. The number of anilines is 1. The van der Waals surface area contributed by atoms with Gasteiger partial charge in [0, 0.05) is 24.7 Å². The third-order valence-corrected chi connectivity index (χ3v) is 2.52. The summed E-state index contributed by atoms with van der Waals surface area (Å²) < 4.78 is 4.96. The molecule has 3 N–H and O–H groups in total. The van der Waals surface area contributed by atoms with Gasteiger partial charge in [-0.15, -0.1) is 0 Å². The average molecular weight is 254 g/mol. The highest BCUT2D eigenvalue weighted by Gasteiger charge is 2.18. The van der Waals surface area contributed by atoms with Crippen molar-refractivity contribution in [3.63, 3.8) is 0 Å². The normalized spacial score (nSPS) is 11.9. The topological polar surface area (TPSA) is 103 Å². The fourth-order valence-electron chi connectivity index (χ4n) is 1.59. The number of nitro groups is 1. The van der Waals surface area contributed by atoms with Gasteiger partial charge in [-0.2, -0.15) is 4.98 Å². The molecule has 0 saturated carbocycles. The Hall–Kier alpha value is -1.89. The number of nitrogens with zero attached hydrogens (tertiary/aromatic N) is 2. The van der Waals surface area contributed by atoms with Crippen LogP contribution in [-0.2, 0) is 0 Å². The zero-order valence-corrected chi connectivity index (χ0v) is 10.5. The first-order chi connectivity index (χ1) is 8.62. The SMILES string of the molecule is CCCC(CN)Nc1nc(OC)ccc1[N+](=O)[O-]. The Kier molecular flexibility index (Phi) is 5.31. The van der Waals surface area contributed by atoms with Gasteiger partial charge in [0.25, 0.3) is 0 Å². The first-order valence-corrected chi connectivity index (χ1v) is 5.78. The van der Waals surface area contributed by atoms with E-state index in [9.17, 15) is 10.1 Å². The van der Waals surface area contributed by atoms with E-state index in [0.29, 0.717) is 12.4 Å². The molecule has 100 valence electrons. The van der Waals surface area contributed by atoms with Crippen LogP contribution in [0.3, 0.4) is 0 Å². The molecule has 1 atom stereocenters. The van der Waals surface area contributed by atoms with Gasteiger partial charge in [-0.1, -0.05) is 13.3 Å². The van der Waals surface area contributed by atoms with E-state index in [-0.39, 0.29) is 17.5 Å². The van der Waals surface area contributed by atoms with E-state index in [1.54, 1.807) is 0 Å². The molecule has 0 aliphatic heterocycles. The molecule has 0 aromatic carbocycles. The van der Waals surface area contributed by atoms with Crippen molar-refractivity contribution < 1.29 is 9.66 Å². The molecule has 0 fully saturated rings. The highest BCUT2D eigenvalue weighted by atomic mass is 16.6. The molecule has 0 radical (unpaired) electrons. The molecule has 0 aliphatic carbocycles. The molecule has 1 aromatic rings. The number of aromatic nitrogens is 1. The van der Waals surface area contributed by atoms with E-state index in [0.717, 1.165) is 12.8 Å². The van der Waals surface area contributed by atoms with Gasteiger partial charge in [-0.25, -0.2) is 0 Å². The van der Waals surface area contributed by atoms with Gasteiger partial charge in [-0.3, -0.25) is 10.1 Å². The predicted octanol–water partition coefficient (Wildman–Crippen LogP) is 1.54. The lowest BCUT2D eigenvalue weighted by Crippen LogP contribution is -2.29. The van der Waals surface area contributed by atoms with Crippen LogP contribution in [0.25, 0.3) is 0 Å². The Bertz CT molecular complexity index is 411. The molecule has 1 heterocycles. The summed E-state index contributed by atoms with van der Waals surface area (Å²) in [6.45, 7) is 2.42. The van der Waals surface area contributed by atoms with Crippen LogP contribution in [0, 0.1) is 10.1 Å². The maximum absolute atomic E-state index is 10.9. The highest BCUT2D eigenvalue weighted by Crippen LogP contribution is 2.25. The van der Waals surface area contributed by atoms with E-state index in [2.05, 4.69) is 10.3 Å². The molecule has 7 heteroatoms. The molecule has 18 heavy (non-hydrogen) atoms. The lowest BCUT2D eigenvalue weighted by molar-refractivity contribution is -0.384. The van der Waals surface area contributed by atoms with Crippen LogP contribution >= 0.6 is 0 Å². The molecule has 1 unspecified atom stereocenters. The quantitative estimate of drug-likeness (QED) is 0.565. The monoisotopic (exact) mass is 254 g/mol. The smallest absolute Gasteiger partial charge is 0.311 e. The Morgan fingerprint density at radius 1 is 1.61 bits per heavy atom. The van der Waals surface area contributed by atoms with E-state index in [1.165, 1.54) is 19.2 Å². The summed E-state index contributed by atoms with van der Waals surface area (Å²) in [7, 11) is 1.46. The Morgan fingerprint density at radius 2 is 2.33 bits per heavy atom. The maximum atomic E-state index is 10.9. The third kappa shape index (κ3) is 3.56. The number of nitrogens with two attached hydrogens (primary N) is 1. The van der Waals surface area contributed by atoms with Gasteiger partial charge in [0.1, 0.15) is 0 Å². The minimum Gasteiger partial charge on any atom is -0.481 e. The van der Waals surface area contributed by atoms with Gasteiger partial charge in [0.2, 0.25) is 11.7 Å². The molecule has 0 bridgehead atoms. The molecular formula is C11H18N4O3. The number of nitrogens with one attached hydrogen (secondary N) is 1. The molecule has 1 aromatic heterocycles. The van der Waals surface area contributed by atoms with E-state index in [1.807, 2.05) is 6.92 Å². The zero-order valence-electron chi connectivity index (χ0n) is 10.5. The lowest BCUT2D eigenvalue weighted by Gasteiger charge is -2.16. The van der Waals surface area contributed by atoms with E-state index >= 15 is 0 Å². The molecule has 7 nitrogen and oxygen atoms in total. The Labute approximate surface area is 105 Å². The fourth-order valence-corrected chi connectivity index (χ4v) is 1.59. The molecule has 0 spiro atoms. The predicted molar refractivity (Wildman–Crippen MR) is 68.8 cm³/mol. The average Bonchev–Trinajstić information content (AvgIpc) is 2.37. The van der Waals surface area contributed by atoms with Crippen molar-refractivity contribution >= 4 is 11.5 Å². The summed E-state index contributed by atoms with van der Waals surface area (Å²) in [5, 5.41) is 13.9. The number of pyridine rings is 1. The van der Waals surface area contributed by atoms with Crippen LogP contribution in [0.1, 0.15) is 19.8 Å². The first-order valence-electron chi connectivity index (χ1n) is 5.78. The van der Waals surface area contributed by atoms with Gasteiger partial charge in [0.15, 0.2) is 0 Å². The largest absolute Gasteiger partial charge is 0.481 e. The van der Waals surface area contributed by atoms with Crippen molar-refractivity contribution in [2.75, 3.05) is 19.0 Å². The van der Waals surface area contributed by atoms with Crippen molar-refractivity contribution in [2.45, 2.75) is 25.8 Å². The molecule has 1 rings (SSSR count). The second-order valence-electron chi connectivity index (χ2n) is 3.84. The van der Waals surface area contributed by atoms with Gasteiger partial charge >= 0.3 is 5.69 Å². The summed E-state index contributed by atoms with van der Waals surface area (Å²) in [5.74, 6) is 0.526. The standard InChI is InChI=1S/C11H18N4O3/c1-3-4-8(7-12)13-11-9(15(16)17)5-6-10(14-11)18-2/h5-6,8H,3-4,7,12H2,1-2H3,(H,13,14). The fraction of sp³-hybridized carbons (Fsp3) is 0.545. The van der Waals surface area contributed by atoms with Gasteiger partial charge in [-0.05, 0) is 6.42 Å². The van der Waals surface area contributed by atoms with Crippen molar-refractivity contribution in [3.8, 4) is 5.88 Å². The number of hydrogen-bond acceptors (Lipinski definition) is 6. The molecular weight excluding hydrogens is 236 g/mol. The highest BCUT2D eigenvalue weighted by molar-refractivity contribution is 5.57. The second kappa shape index (κ2) is 6.75. The minimum atomic E-state index is -0.478. The zero-order chi connectivity index (χ0) is 13.5. The van der Waals surface area contributed by atoms with Crippen LogP contribution in [0.5, 0.6) is 5.88 Å². The minimum absolute atomic E-state index is 0.0340. The van der Waals surface area contributed by atoms with Crippen molar-refractivity contribution in [2.24, 2.45) is 5.73 Å². The van der Waals surface area contributed by atoms with Crippen LogP contribution in [0.15, 0.2) is 12.1 Å². The van der Waals surface area contributed by atoms with Gasteiger partial charge < -0.3 is 15.8 Å². The molecule has 0 aliphatic rings. The summed E-state index contributed by atoms with van der Waals surface area (Å²) in [4.78, 5) is 14.5. The summed E-state index contributed by atoms with van der Waals surface area (Å²) in [6, 6.07) is 2.79. The van der Waals surface area contributed by atoms with Crippen molar-refractivity contribution in [3.05, 3.63) is 22.2 Å². The van der Waals surface area contributed by atoms with Crippen LogP contribution in [-0.4, -0.2) is 29.6 Å². The van der Waals surface area contributed by atoms with Crippen LogP contribution < -0.4 is 15.8 Å². The summed E-state index contributed by atoms with van der Waals surface area (Å²) >= 11 is 0. The maximum Gasteiger partial charge on any atom is 0.311 e. The molecule has 0 amide bonds. The summed E-state index contributed by atoms with van der Waals surface area (Å²) in [5.41, 5.74) is 5.53. The Balaban J connectivity index is 2.99. The third-order valence-electron chi connectivity index (χ3n) is 2.52. The number of hydrogen-bond donors (Lipinski definition) is 2. The number of rotatable bonds is 7. The number of ether oxygens (including phenoxy) is 1. The number of methoxy groups -OCH3 is 1. The van der Waals surface area contributed by atoms with Crippen molar-refractivity contribution in [1.29, 1.82) is 0 Å². The van der Waals surface area contributed by atoms with Crippen molar-refractivity contribution in [1.82, 2.24) is 4.98 Å². The molecule has 0 saturated heterocycles. The van der Waals surface area contributed by atoms with Crippen LogP contribution in [0.4, 0.5) is 11.5 Å². The summed E-state index contributed by atoms with van der Waals surface area (Å²) in [6.07, 6.45) is 1.76. The van der Waals surface area contributed by atoms with E-state index < -0.39 is 4.92 Å². The van der Waals surface area contributed by atoms with Gasteiger partial charge in [0.05, 0.1) is 12.0 Å².